The number of fused-ring (bicyclic) bond motifs is 3. The van der Waals surface area contributed by atoms with Crippen LogP contribution in [0.25, 0.3) is 10.9 Å². The van der Waals surface area contributed by atoms with Crippen LogP contribution in [0.1, 0.15) is 11.3 Å². The van der Waals surface area contributed by atoms with Crippen molar-refractivity contribution in [3.05, 3.63) is 54.0 Å². The van der Waals surface area contributed by atoms with E-state index in [-0.39, 0.29) is 0 Å². The van der Waals surface area contributed by atoms with Crippen molar-refractivity contribution in [2.24, 2.45) is 0 Å². The Hall–Kier alpha value is -2.69. The van der Waals surface area contributed by atoms with Gasteiger partial charge in [0.05, 0.1) is 6.54 Å². The van der Waals surface area contributed by atoms with Crippen LogP contribution in [-0.4, -0.2) is 21.7 Å². The molecular formula is C16H14N4O. The molecule has 3 aromatic rings. The second-order valence-electron chi connectivity index (χ2n) is 5.10. The highest BCUT2D eigenvalue weighted by Crippen LogP contribution is 2.33. The van der Waals surface area contributed by atoms with E-state index in [0.29, 0.717) is 12.7 Å². The van der Waals surface area contributed by atoms with E-state index < -0.39 is 0 Å². The Balaban J connectivity index is 1.77. The summed E-state index contributed by atoms with van der Waals surface area (Å²) >= 11 is 0. The van der Waals surface area contributed by atoms with E-state index in [0.717, 1.165) is 34.5 Å². The van der Waals surface area contributed by atoms with E-state index in [2.05, 4.69) is 33.2 Å². The summed E-state index contributed by atoms with van der Waals surface area (Å²) in [7, 11) is 0. The minimum atomic E-state index is 0.436. The minimum absolute atomic E-state index is 0.436. The standard InChI is InChI=1S/C16H14N4O/c1-11-3-4-12-5-6-13-9-20(16-17-7-2-8-18-16)10-21-15(13)14(12)19-11/h2-8H,9-10H2,1H3. The van der Waals surface area contributed by atoms with Gasteiger partial charge in [-0.2, -0.15) is 0 Å². The molecule has 104 valence electrons. The number of nitrogens with zero attached hydrogens (tertiary/aromatic N) is 4. The highest BCUT2D eigenvalue weighted by molar-refractivity contribution is 5.86. The van der Waals surface area contributed by atoms with Crippen molar-refractivity contribution in [2.45, 2.75) is 13.5 Å². The number of hydrogen-bond acceptors (Lipinski definition) is 5. The summed E-state index contributed by atoms with van der Waals surface area (Å²) in [5.74, 6) is 1.56. The summed E-state index contributed by atoms with van der Waals surface area (Å²) in [4.78, 5) is 15.2. The zero-order chi connectivity index (χ0) is 14.2. The highest BCUT2D eigenvalue weighted by atomic mass is 16.5. The number of hydrogen-bond donors (Lipinski definition) is 0. The second-order valence-corrected chi connectivity index (χ2v) is 5.10. The molecule has 0 saturated carbocycles. The van der Waals surface area contributed by atoms with Crippen molar-refractivity contribution >= 4 is 16.9 Å². The molecule has 0 radical (unpaired) electrons. The number of anilines is 1. The Labute approximate surface area is 122 Å². The average Bonchev–Trinajstić information content (AvgIpc) is 2.55. The van der Waals surface area contributed by atoms with Gasteiger partial charge in [-0.1, -0.05) is 18.2 Å². The number of aryl methyl sites for hydroxylation is 1. The minimum Gasteiger partial charge on any atom is -0.470 e. The van der Waals surface area contributed by atoms with Crippen LogP contribution < -0.4 is 9.64 Å². The molecule has 0 spiro atoms. The van der Waals surface area contributed by atoms with Crippen LogP contribution in [0.5, 0.6) is 5.75 Å². The van der Waals surface area contributed by atoms with Crippen molar-refractivity contribution in [1.29, 1.82) is 0 Å². The zero-order valence-corrected chi connectivity index (χ0v) is 11.7. The first kappa shape index (κ1) is 12.1. The van der Waals surface area contributed by atoms with Crippen molar-refractivity contribution in [3.8, 4) is 5.75 Å². The lowest BCUT2D eigenvalue weighted by Crippen LogP contribution is -2.33. The van der Waals surface area contributed by atoms with Crippen molar-refractivity contribution < 1.29 is 4.74 Å². The van der Waals surface area contributed by atoms with E-state index in [9.17, 15) is 0 Å². The van der Waals surface area contributed by atoms with Gasteiger partial charge in [-0.05, 0) is 19.1 Å². The van der Waals surface area contributed by atoms with Crippen LogP contribution in [0, 0.1) is 6.92 Å². The summed E-state index contributed by atoms with van der Waals surface area (Å²) in [5.41, 5.74) is 3.04. The molecule has 5 nitrogen and oxygen atoms in total. The third-order valence-electron chi connectivity index (χ3n) is 3.60. The second kappa shape index (κ2) is 4.70. The highest BCUT2D eigenvalue weighted by Gasteiger charge is 2.21. The third kappa shape index (κ3) is 2.07. The van der Waals surface area contributed by atoms with E-state index in [1.165, 1.54) is 0 Å². The maximum absolute atomic E-state index is 5.94. The molecule has 1 aliphatic rings. The first-order valence-electron chi connectivity index (χ1n) is 6.85. The number of rotatable bonds is 1. The predicted molar refractivity (Wildman–Crippen MR) is 80.2 cm³/mol. The lowest BCUT2D eigenvalue weighted by molar-refractivity contribution is 0.290. The van der Waals surface area contributed by atoms with E-state index in [4.69, 9.17) is 4.74 Å². The van der Waals surface area contributed by atoms with Crippen LogP contribution in [0.2, 0.25) is 0 Å². The van der Waals surface area contributed by atoms with E-state index in [1.54, 1.807) is 12.4 Å². The molecule has 21 heavy (non-hydrogen) atoms. The van der Waals surface area contributed by atoms with Crippen molar-refractivity contribution in [1.82, 2.24) is 15.0 Å². The Kier molecular flexibility index (Phi) is 2.70. The fraction of sp³-hybridized carbons (Fsp3) is 0.188. The molecule has 0 amide bonds. The van der Waals surface area contributed by atoms with E-state index >= 15 is 0 Å². The lowest BCUT2D eigenvalue weighted by Gasteiger charge is -2.29. The summed E-state index contributed by atoms with van der Waals surface area (Å²) < 4.78 is 5.94. The summed E-state index contributed by atoms with van der Waals surface area (Å²) in [6, 6.07) is 10.1. The number of aromatic nitrogens is 3. The molecule has 0 unspecified atom stereocenters. The first-order valence-corrected chi connectivity index (χ1v) is 6.85. The maximum atomic E-state index is 5.94. The van der Waals surface area contributed by atoms with Crippen LogP contribution in [0.4, 0.5) is 5.95 Å². The largest absolute Gasteiger partial charge is 0.470 e. The molecule has 2 aromatic heterocycles. The average molecular weight is 278 g/mol. The number of ether oxygens (including phenoxy) is 1. The predicted octanol–water partition coefficient (Wildman–Crippen LogP) is 2.69. The Morgan fingerprint density at radius 1 is 1.10 bits per heavy atom. The van der Waals surface area contributed by atoms with Gasteiger partial charge < -0.3 is 9.64 Å². The Morgan fingerprint density at radius 3 is 2.76 bits per heavy atom. The van der Waals surface area contributed by atoms with Crippen LogP contribution in [-0.2, 0) is 6.54 Å². The topological polar surface area (TPSA) is 51.1 Å². The summed E-state index contributed by atoms with van der Waals surface area (Å²) in [6.07, 6.45) is 3.48. The lowest BCUT2D eigenvalue weighted by atomic mass is 10.1. The number of benzene rings is 1. The van der Waals surface area contributed by atoms with Gasteiger partial charge >= 0.3 is 0 Å². The van der Waals surface area contributed by atoms with Gasteiger partial charge in [0.1, 0.15) is 5.52 Å². The van der Waals surface area contributed by atoms with Gasteiger partial charge in [0, 0.05) is 29.0 Å². The summed E-state index contributed by atoms with van der Waals surface area (Å²) in [6.45, 7) is 3.16. The molecule has 0 aliphatic carbocycles. The van der Waals surface area contributed by atoms with Crippen LogP contribution in [0.3, 0.4) is 0 Å². The van der Waals surface area contributed by atoms with Gasteiger partial charge in [0.25, 0.3) is 0 Å². The van der Waals surface area contributed by atoms with E-state index in [1.807, 2.05) is 24.0 Å². The quantitative estimate of drug-likeness (QED) is 0.685. The monoisotopic (exact) mass is 278 g/mol. The fourth-order valence-corrected chi connectivity index (χ4v) is 2.56. The molecule has 4 rings (SSSR count). The molecule has 0 bridgehead atoms. The molecule has 0 fully saturated rings. The normalized spacial score (nSPS) is 13.9. The van der Waals surface area contributed by atoms with Gasteiger partial charge in [0.2, 0.25) is 5.95 Å². The molecule has 5 heteroatoms. The van der Waals surface area contributed by atoms with Crippen LogP contribution >= 0.6 is 0 Å². The molecule has 0 N–H and O–H groups in total. The summed E-state index contributed by atoms with van der Waals surface area (Å²) in [5, 5.41) is 1.10. The smallest absolute Gasteiger partial charge is 0.228 e. The van der Waals surface area contributed by atoms with Gasteiger partial charge in [-0.3, -0.25) is 0 Å². The Bertz CT molecular complexity index is 804. The van der Waals surface area contributed by atoms with Gasteiger partial charge in [-0.15, -0.1) is 0 Å². The van der Waals surface area contributed by atoms with Gasteiger partial charge in [-0.25, -0.2) is 15.0 Å². The molecule has 1 aliphatic heterocycles. The molecule has 3 heterocycles. The Morgan fingerprint density at radius 2 is 1.90 bits per heavy atom. The SMILES string of the molecule is Cc1ccc2ccc3c(c2n1)OCN(c1ncccn1)C3. The fourth-order valence-electron chi connectivity index (χ4n) is 2.56. The number of pyridine rings is 1. The third-order valence-corrected chi connectivity index (χ3v) is 3.60. The van der Waals surface area contributed by atoms with Crippen molar-refractivity contribution in [2.75, 3.05) is 11.6 Å². The maximum Gasteiger partial charge on any atom is 0.228 e. The van der Waals surface area contributed by atoms with Crippen molar-refractivity contribution in [3.63, 3.8) is 0 Å². The molecule has 1 aromatic carbocycles. The molecule has 0 saturated heterocycles. The van der Waals surface area contributed by atoms with Gasteiger partial charge in [0.15, 0.2) is 12.5 Å². The molecular weight excluding hydrogens is 264 g/mol. The zero-order valence-electron chi connectivity index (χ0n) is 11.7. The van der Waals surface area contributed by atoms with Crippen LogP contribution in [0.15, 0.2) is 42.7 Å². The molecule has 0 atom stereocenters. The first-order chi connectivity index (χ1) is 10.3.